The fourth-order valence-electron chi connectivity index (χ4n) is 2.27. The number of hydrogen-bond acceptors (Lipinski definition) is 4. The van der Waals surface area contributed by atoms with Crippen molar-refractivity contribution in [2.75, 3.05) is 33.4 Å². The van der Waals surface area contributed by atoms with Gasteiger partial charge < -0.3 is 14.8 Å². The van der Waals surface area contributed by atoms with Crippen molar-refractivity contribution in [3.63, 3.8) is 0 Å². The number of hydrogen-bond donors (Lipinski definition) is 1. The van der Waals surface area contributed by atoms with E-state index in [9.17, 15) is 0 Å². The minimum absolute atomic E-state index is 0.296. The lowest BCUT2D eigenvalue weighted by atomic mass is 9.98. The first-order valence-corrected chi connectivity index (χ1v) is 7.06. The zero-order chi connectivity index (χ0) is 12.1. The highest BCUT2D eigenvalue weighted by atomic mass is 32.1. The van der Waals surface area contributed by atoms with E-state index in [0.29, 0.717) is 12.0 Å². The van der Waals surface area contributed by atoms with Crippen LogP contribution in [-0.2, 0) is 9.47 Å². The van der Waals surface area contributed by atoms with E-state index < -0.39 is 0 Å². The van der Waals surface area contributed by atoms with Crippen molar-refractivity contribution >= 4 is 11.3 Å². The largest absolute Gasteiger partial charge is 0.383 e. The topological polar surface area (TPSA) is 30.5 Å². The highest BCUT2D eigenvalue weighted by molar-refractivity contribution is 7.10. The molecule has 96 valence electrons. The first kappa shape index (κ1) is 13.0. The molecule has 1 aliphatic rings. The molecule has 1 fully saturated rings. The van der Waals surface area contributed by atoms with Crippen LogP contribution in [0.3, 0.4) is 0 Å². The predicted octanol–water partition coefficient (Wildman–Crippen LogP) is 2.37. The molecule has 0 bridgehead atoms. The Morgan fingerprint density at radius 3 is 3.18 bits per heavy atom. The van der Waals surface area contributed by atoms with Crippen molar-refractivity contribution < 1.29 is 9.47 Å². The van der Waals surface area contributed by atoms with Crippen LogP contribution in [0.1, 0.15) is 23.0 Å². The molecule has 0 radical (unpaired) electrons. The van der Waals surface area contributed by atoms with E-state index in [4.69, 9.17) is 9.47 Å². The number of methoxy groups -OCH3 is 1. The van der Waals surface area contributed by atoms with Crippen LogP contribution in [0, 0.1) is 12.8 Å². The van der Waals surface area contributed by atoms with Gasteiger partial charge in [-0.3, -0.25) is 0 Å². The number of rotatable bonds is 6. The van der Waals surface area contributed by atoms with Gasteiger partial charge in [0.2, 0.25) is 0 Å². The maximum absolute atomic E-state index is 5.89. The van der Waals surface area contributed by atoms with Crippen molar-refractivity contribution in [1.82, 2.24) is 5.32 Å². The summed E-state index contributed by atoms with van der Waals surface area (Å²) >= 11 is 1.82. The van der Waals surface area contributed by atoms with Crippen LogP contribution >= 0.6 is 11.3 Å². The van der Waals surface area contributed by atoms with Gasteiger partial charge in [0.15, 0.2) is 0 Å². The van der Waals surface area contributed by atoms with Crippen molar-refractivity contribution in [2.24, 2.45) is 5.92 Å². The lowest BCUT2D eigenvalue weighted by Gasteiger charge is -2.18. The summed E-state index contributed by atoms with van der Waals surface area (Å²) in [4.78, 5) is 1.40. The third-order valence-corrected chi connectivity index (χ3v) is 4.34. The van der Waals surface area contributed by atoms with Crippen molar-refractivity contribution in [1.29, 1.82) is 0 Å². The third kappa shape index (κ3) is 3.28. The quantitative estimate of drug-likeness (QED) is 0.792. The van der Waals surface area contributed by atoms with Crippen molar-refractivity contribution in [3.05, 3.63) is 21.9 Å². The highest BCUT2D eigenvalue weighted by Crippen LogP contribution is 2.38. The fourth-order valence-corrected chi connectivity index (χ4v) is 3.34. The predicted molar refractivity (Wildman–Crippen MR) is 70.6 cm³/mol. The van der Waals surface area contributed by atoms with E-state index in [-0.39, 0.29) is 0 Å². The van der Waals surface area contributed by atoms with Gasteiger partial charge in [0, 0.05) is 37.6 Å². The molecule has 2 atom stereocenters. The van der Waals surface area contributed by atoms with Crippen molar-refractivity contribution in [2.45, 2.75) is 19.4 Å². The molecule has 1 aromatic rings. The average molecular weight is 255 g/mol. The molecule has 1 N–H and O–H groups in total. The van der Waals surface area contributed by atoms with Crippen LogP contribution in [0.2, 0.25) is 0 Å². The van der Waals surface area contributed by atoms with Gasteiger partial charge in [0.25, 0.3) is 0 Å². The molecule has 0 aliphatic carbocycles. The molecule has 1 aliphatic heterocycles. The van der Waals surface area contributed by atoms with Gasteiger partial charge in [-0.15, -0.1) is 11.3 Å². The van der Waals surface area contributed by atoms with E-state index in [2.05, 4.69) is 23.7 Å². The van der Waals surface area contributed by atoms with Crippen LogP contribution in [0.5, 0.6) is 0 Å². The van der Waals surface area contributed by atoms with Gasteiger partial charge in [-0.1, -0.05) is 0 Å². The molecule has 2 heterocycles. The minimum atomic E-state index is 0.296. The Morgan fingerprint density at radius 1 is 1.59 bits per heavy atom. The van der Waals surface area contributed by atoms with E-state index in [1.165, 1.54) is 10.4 Å². The molecule has 17 heavy (non-hydrogen) atoms. The molecule has 2 unspecified atom stereocenters. The molecule has 1 saturated heterocycles. The van der Waals surface area contributed by atoms with E-state index in [1.807, 2.05) is 11.3 Å². The molecule has 0 saturated carbocycles. The summed E-state index contributed by atoms with van der Waals surface area (Å²) in [7, 11) is 1.73. The standard InChI is InChI=1S/C13H21NO2S/c1-10-4-8-17-13(10)12-11(3-6-16-12)9-14-5-7-15-2/h4,8,11-12,14H,3,5-7,9H2,1-2H3. The molecule has 3 nitrogen and oxygen atoms in total. The summed E-state index contributed by atoms with van der Waals surface area (Å²) in [6.45, 7) is 5.77. The van der Waals surface area contributed by atoms with Gasteiger partial charge in [-0.05, 0) is 30.4 Å². The molecule has 2 rings (SSSR count). The maximum Gasteiger partial charge on any atom is 0.0960 e. The summed E-state index contributed by atoms with van der Waals surface area (Å²) in [5.74, 6) is 0.601. The van der Waals surface area contributed by atoms with Crippen LogP contribution in [0.25, 0.3) is 0 Å². The SMILES string of the molecule is COCCNCC1CCOC1c1sccc1C. The smallest absolute Gasteiger partial charge is 0.0960 e. The monoisotopic (exact) mass is 255 g/mol. The fraction of sp³-hybridized carbons (Fsp3) is 0.692. The number of nitrogens with one attached hydrogen (secondary N) is 1. The van der Waals surface area contributed by atoms with E-state index in [1.54, 1.807) is 7.11 Å². The number of thiophene rings is 1. The zero-order valence-corrected chi connectivity index (χ0v) is 11.4. The summed E-state index contributed by atoms with van der Waals surface area (Å²) in [6.07, 6.45) is 1.45. The van der Waals surface area contributed by atoms with Crippen LogP contribution in [-0.4, -0.2) is 33.4 Å². The second-order valence-corrected chi connectivity index (χ2v) is 5.45. The zero-order valence-electron chi connectivity index (χ0n) is 10.6. The summed E-state index contributed by atoms with van der Waals surface area (Å²) in [6, 6.07) is 2.18. The minimum Gasteiger partial charge on any atom is -0.383 e. The Morgan fingerprint density at radius 2 is 2.47 bits per heavy atom. The van der Waals surface area contributed by atoms with Crippen molar-refractivity contribution in [3.8, 4) is 0 Å². The normalized spacial score (nSPS) is 24.4. The van der Waals surface area contributed by atoms with Gasteiger partial charge in [0.05, 0.1) is 12.7 Å². The Balaban J connectivity index is 1.87. The average Bonchev–Trinajstić information content (AvgIpc) is 2.93. The van der Waals surface area contributed by atoms with E-state index >= 15 is 0 Å². The molecule has 0 amide bonds. The van der Waals surface area contributed by atoms with Crippen LogP contribution < -0.4 is 5.32 Å². The first-order valence-electron chi connectivity index (χ1n) is 6.18. The molecule has 1 aromatic heterocycles. The highest BCUT2D eigenvalue weighted by Gasteiger charge is 2.30. The Kier molecular flexibility index (Phi) is 4.98. The third-order valence-electron chi connectivity index (χ3n) is 3.26. The van der Waals surface area contributed by atoms with Gasteiger partial charge in [-0.2, -0.15) is 0 Å². The molecular weight excluding hydrogens is 234 g/mol. The molecular formula is C13H21NO2S. The Hall–Kier alpha value is -0.420. The van der Waals surface area contributed by atoms with Crippen LogP contribution in [0.15, 0.2) is 11.4 Å². The summed E-state index contributed by atoms with van der Waals surface area (Å²) in [5.41, 5.74) is 1.36. The molecule has 0 aromatic carbocycles. The van der Waals surface area contributed by atoms with Gasteiger partial charge in [-0.25, -0.2) is 0 Å². The van der Waals surface area contributed by atoms with Crippen LogP contribution in [0.4, 0.5) is 0 Å². The number of ether oxygens (including phenoxy) is 2. The second kappa shape index (κ2) is 6.50. The Bertz CT molecular complexity index is 340. The summed E-state index contributed by atoms with van der Waals surface area (Å²) < 4.78 is 10.9. The molecule has 0 spiro atoms. The van der Waals surface area contributed by atoms with Gasteiger partial charge >= 0.3 is 0 Å². The lowest BCUT2D eigenvalue weighted by Crippen LogP contribution is -2.27. The number of aryl methyl sites for hydroxylation is 1. The van der Waals surface area contributed by atoms with Gasteiger partial charge in [0.1, 0.15) is 0 Å². The van der Waals surface area contributed by atoms with E-state index in [0.717, 1.165) is 32.7 Å². The summed E-state index contributed by atoms with van der Waals surface area (Å²) in [5, 5.41) is 5.59. The first-order chi connectivity index (χ1) is 8.33. The molecule has 4 heteroatoms. The lowest BCUT2D eigenvalue weighted by molar-refractivity contribution is 0.0922. The maximum atomic E-state index is 5.89. The Labute approximate surface area is 107 Å². The second-order valence-electron chi connectivity index (χ2n) is 4.50.